The molecule has 19 heavy (non-hydrogen) atoms. The molecule has 0 saturated carbocycles. The number of hydrogen-bond acceptors (Lipinski definition) is 4. The van der Waals surface area contributed by atoms with Gasteiger partial charge in [0.15, 0.2) is 0 Å². The zero-order chi connectivity index (χ0) is 13.7. The second-order valence-corrected chi connectivity index (χ2v) is 4.87. The number of aromatic nitrogens is 1. The summed E-state index contributed by atoms with van der Waals surface area (Å²) in [5.41, 5.74) is 0.588. The van der Waals surface area contributed by atoms with Crippen LogP contribution in [0.4, 0.5) is 5.82 Å². The van der Waals surface area contributed by atoms with Crippen molar-refractivity contribution >= 4 is 11.7 Å². The summed E-state index contributed by atoms with van der Waals surface area (Å²) in [7, 11) is 0. The fourth-order valence-corrected chi connectivity index (χ4v) is 2.27. The number of aliphatic hydroxyl groups excluding tert-OH is 1. The highest BCUT2D eigenvalue weighted by atomic mass is 16.3. The molecule has 0 aliphatic carbocycles. The summed E-state index contributed by atoms with van der Waals surface area (Å²) in [4.78, 5) is 18.4. The standard InChI is InChI=1S/C14H21N3O2/c1-2-7-15-13-12(6-3-8-16-13)14(19)17-9-4-5-11(18)10-17/h3,6,8,11,18H,2,4-5,7,9-10H2,1H3,(H,15,16). The summed E-state index contributed by atoms with van der Waals surface area (Å²) in [5, 5.41) is 12.8. The number of nitrogens with zero attached hydrogens (tertiary/aromatic N) is 2. The topological polar surface area (TPSA) is 65.5 Å². The second kappa shape index (κ2) is 6.52. The van der Waals surface area contributed by atoms with Gasteiger partial charge in [-0.05, 0) is 31.4 Å². The van der Waals surface area contributed by atoms with E-state index >= 15 is 0 Å². The molecule has 1 saturated heterocycles. The SMILES string of the molecule is CCCNc1ncccc1C(=O)N1CCCC(O)C1. The van der Waals surface area contributed by atoms with Gasteiger partial charge in [0.1, 0.15) is 5.82 Å². The van der Waals surface area contributed by atoms with Crippen molar-refractivity contribution in [2.24, 2.45) is 0 Å². The van der Waals surface area contributed by atoms with Crippen molar-refractivity contribution in [3.8, 4) is 0 Å². The molecule has 1 aromatic heterocycles. The van der Waals surface area contributed by atoms with Crippen LogP contribution < -0.4 is 5.32 Å². The third-order valence-electron chi connectivity index (χ3n) is 3.26. The summed E-state index contributed by atoms with van der Waals surface area (Å²) in [6.45, 7) is 3.98. The summed E-state index contributed by atoms with van der Waals surface area (Å²) in [5.74, 6) is 0.583. The number of carbonyl (C=O) groups is 1. The Morgan fingerprint density at radius 1 is 1.63 bits per heavy atom. The third-order valence-corrected chi connectivity index (χ3v) is 3.26. The van der Waals surface area contributed by atoms with Gasteiger partial charge < -0.3 is 15.3 Å². The number of β-amino-alcohol motifs (C(OH)–C–C–N with tert-alkyl or cyclic N) is 1. The third kappa shape index (κ3) is 3.44. The minimum Gasteiger partial charge on any atom is -0.391 e. The van der Waals surface area contributed by atoms with Crippen LogP contribution in [0.3, 0.4) is 0 Å². The first-order valence-electron chi connectivity index (χ1n) is 6.88. The number of hydrogen-bond donors (Lipinski definition) is 2. The number of likely N-dealkylation sites (tertiary alicyclic amines) is 1. The molecule has 0 aromatic carbocycles. The van der Waals surface area contributed by atoms with Crippen molar-refractivity contribution in [3.05, 3.63) is 23.9 Å². The van der Waals surface area contributed by atoms with E-state index in [1.165, 1.54) is 0 Å². The van der Waals surface area contributed by atoms with Gasteiger partial charge in [0, 0.05) is 25.8 Å². The molecule has 1 unspecified atom stereocenters. The maximum atomic E-state index is 12.5. The van der Waals surface area contributed by atoms with Crippen LogP contribution in [0.5, 0.6) is 0 Å². The van der Waals surface area contributed by atoms with Gasteiger partial charge in [-0.15, -0.1) is 0 Å². The Labute approximate surface area is 113 Å². The average molecular weight is 263 g/mol. The summed E-state index contributed by atoms with van der Waals surface area (Å²) in [6, 6.07) is 3.55. The van der Waals surface area contributed by atoms with Gasteiger partial charge in [0.25, 0.3) is 5.91 Å². The summed E-state index contributed by atoms with van der Waals surface area (Å²) in [6.07, 6.45) is 3.89. The Bertz CT molecular complexity index is 436. The molecule has 0 spiro atoms. The van der Waals surface area contributed by atoms with E-state index in [9.17, 15) is 9.90 Å². The lowest BCUT2D eigenvalue weighted by Gasteiger charge is -2.30. The molecule has 104 valence electrons. The maximum absolute atomic E-state index is 12.5. The van der Waals surface area contributed by atoms with Gasteiger partial charge in [-0.25, -0.2) is 4.98 Å². The number of nitrogens with one attached hydrogen (secondary N) is 1. The van der Waals surface area contributed by atoms with E-state index in [1.54, 1.807) is 23.2 Å². The molecule has 1 aromatic rings. The first kappa shape index (κ1) is 13.8. The average Bonchev–Trinajstić information content (AvgIpc) is 2.44. The molecular weight excluding hydrogens is 242 g/mol. The number of amides is 1. The van der Waals surface area contributed by atoms with Crippen molar-refractivity contribution in [3.63, 3.8) is 0 Å². The Hall–Kier alpha value is -1.62. The Balaban J connectivity index is 2.13. The Morgan fingerprint density at radius 3 is 3.21 bits per heavy atom. The maximum Gasteiger partial charge on any atom is 0.257 e. The monoisotopic (exact) mass is 263 g/mol. The van der Waals surface area contributed by atoms with E-state index in [0.29, 0.717) is 24.5 Å². The highest BCUT2D eigenvalue weighted by Gasteiger charge is 2.24. The quantitative estimate of drug-likeness (QED) is 0.864. The largest absolute Gasteiger partial charge is 0.391 e. The molecule has 0 bridgehead atoms. The predicted molar refractivity (Wildman–Crippen MR) is 74.2 cm³/mol. The summed E-state index contributed by atoms with van der Waals surface area (Å²) < 4.78 is 0. The molecule has 1 aliphatic rings. The van der Waals surface area contributed by atoms with Crippen molar-refractivity contribution in [2.45, 2.75) is 32.3 Å². The normalized spacial score (nSPS) is 19.3. The van der Waals surface area contributed by atoms with Gasteiger partial charge in [-0.3, -0.25) is 4.79 Å². The number of anilines is 1. The van der Waals surface area contributed by atoms with E-state index < -0.39 is 6.10 Å². The first-order chi connectivity index (χ1) is 9.22. The van der Waals surface area contributed by atoms with Crippen molar-refractivity contribution in [1.29, 1.82) is 0 Å². The summed E-state index contributed by atoms with van der Waals surface area (Å²) >= 11 is 0. The minimum absolute atomic E-state index is 0.0505. The number of piperidine rings is 1. The van der Waals surface area contributed by atoms with Crippen molar-refractivity contribution in [2.75, 3.05) is 25.0 Å². The minimum atomic E-state index is -0.401. The fraction of sp³-hybridized carbons (Fsp3) is 0.571. The lowest BCUT2D eigenvalue weighted by Crippen LogP contribution is -2.42. The molecule has 2 heterocycles. The van der Waals surface area contributed by atoms with Crippen LogP contribution in [-0.4, -0.2) is 46.6 Å². The van der Waals surface area contributed by atoms with E-state index in [4.69, 9.17) is 0 Å². The van der Waals surface area contributed by atoms with Crippen LogP contribution >= 0.6 is 0 Å². The Morgan fingerprint density at radius 2 is 2.47 bits per heavy atom. The van der Waals surface area contributed by atoms with Crippen LogP contribution in [0, 0.1) is 0 Å². The molecule has 2 N–H and O–H groups in total. The molecule has 1 amide bonds. The van der Waals surface area contributed by atoms with Gasteiger partial charge in [-0.1, -0.05) is 6.92 Å². The number of aliphatic hydroxyl groups is 1. The molecule has 0 radical (unpaired) electrons. The van der Waals surface area contributed by atoms with Crippen molar-refractivity contribution < 1.29 is 9.90 Å². The van der Waals surface area contributed by atoms with E-state index in [2.05, 4.69) is 17.2 Å². The number of rotatable bonds is 4. The second-order valence-electron chi connectivity index (χ2n) is 4.87. The lowest BCUT2D eigenvalue weighted by molar-refractivity contribution is 0.0474. The fourth-order valence-electron chi connectivity index (χ4n) is 2.27. The van der Waals surface area contributed by atoms with Crippen LogP contribution in [-0.2, 0) is 0 Å². The van der Waals surface area contributed by atoms with Crippen LogP contribution in [0.1, 0.15) is 36.5 Å². The van der Waals surface area contributed by atoms with Gasteiger partial charge in [-0.2, -0.15) is 0 Å². The van der Waals surface area contributed by atoms with Gasteiger partial charge in [0.2, 0.25) is 0 Å². The van der Waals surface area contributed by atoms with E-state index in [0.717, 1.165) is 25.8 Å². The smallest absolute Gasteiger partial charge is 0.257 e. The number of carbonyl (C=O) groups excluding carboxylic acids is 1. The van der Waals surface area contributed by atoms with Crippen molar-refractivity contribution in [1.82, 2.24) is 9.88 Å². The molecule has 5 nitrogen and oxygen atoms in total. The van der Waals surface area contributed by atoms with E-state index in [-0.39, 0.29) is 5.91 Å². The van der Waals surface area contributed by atoms with Crippen LogP contribution in [0.15, 0.2) is 18.3 Å². The predicted octanol–water partition coefficient (Wildman–Crippen LogP) is 1.50. The molecule has 5 heteroatoms. The van der Waals surface area contributed by atoms with Crippen LogP contribution in [0.2, 0.25) is 0 Å². The zero-order valence-electron chi connectivity index (χ0n) is 11.3. The highest BCUT2D eigenvalue weighted by molar-refractivity contribution is 5.98. The van der Waals surface area contributed by atoms with E-state index in [1.807, 2.05) is 0 Å². The molecule has 1 aliphatic heterocycles. The first-order valence-corrected chi connectivity index (χ1v) is 6.88. The highest BCUT2D eigenvalue weighted by Crippen LogP contribution is 2.18. The molecule has 1 atom stereocenters. The van der Waals surface area contributed by atoms with Gasteiger partial charge in [0.05, 0.1) is 11.7 Å². The molecule has 2 rings (SSSR count). The zero-order valence-corrected chi connectivity index (χ0v) is 11.3. The molecule has 1 fully saturated rings. The number of pyridine rings is 1. The molecular formula is C14H21N3O2. The Kier molecular flexibility index (Phi) is 4.74. The van der Waals surface area contributed by atoms with Crippen LogP contribution in [0.25, 0.3) is 0 Å². The van der Waals surface area contributed by atoms with Gasteiger partial charge >= 0.3 is 0 Å². The lowest BCUT2D eigenvalue weighted by atomic mass is 10.1.